The third-order valence-electron chi connectivity index (χ3n) is 3.54. The molecule has 2 heterocycles. The second-order valence-electron chi connectivity index (χ2n) is 5.13. The van der Waals surface area contributed by atoms with E-state index in [1.807, 2.05) is 48.8 Å². The van der Waals surface area contributed by atoms with E-state index >= 15 is 0 Å². The molecule has 1 atom stereocenters. The van der Waals surface area contributed by atoms with Crippen molar-refractivity contribution in [3.8, 4) is 5.69 Å². The van der Waals surface area contributed by atoms with E-state index in [-0.39, 0.29) is 0 Å². The van der Waals surface area contributed by atoms with Crippen molar-refractivity contribution in [1.82, 2.24) is 14.9 Å². The Hall–Kier alpha value is -1.95. The molecule has 0 fully saturated rings. The number of imidazole rings is 1. The molecule has 4 nitrogen and oxygen atoms in total. The minimum Gasteiger partial charge on any atom is -0.386 e. The highest BCUT2D eigenvalue weighted by atomic mass is 32.1. The smallest absolute Gasteiger partial charge is 0.110 e. The Morgan fingerprint density at radius 2 is 2.05 bits per heavy atom. The van der Waals surface area contributed by atoms with Crippen molar-refractivity contribution in [2.45, 2.75) is 19.6 Å². The van der Waals surface area contributed by atoms with Crippen molar-refractivity contribution in [2.75, 3.05) is 6.54 Å². The average molecular weight is 313 g/mol. The molecule has 3 rings (SSSR count). The number of benzene rings is 1. The Bertz CT molecular complexity index is 707. The Kier molecular flexibility index (Phi) is 4.68. The van der Waals surface area contributed by atoms with Gasteiger partial charge in [-0.05, 0) is 30.5 Å². The first-order valence-corrected chi connectivity index (χ1v) is 8.14. The Labute approximate surface area is 134 Å². The van der Waals surface area contributed by atoms with E-state index in [4.69, 9.17) is 0 Å². The lowest BCUT2D eigenvalue weighted by Crippen LogP contribution is -2.22. The lowest BCUT2D eigenvalue weighted by molar-refractivity contribution is 0.178. The Morgan fingerprint density at radius 3 is 2.77 bits per heavy atom. The fourth-order valence-electron chi connectivity index (χ4n) is 2.46. The summed E-state index contributed by atoms with van der Waals surface area (Å²) >= 11 is 1.57. The number of hydrogen-bond donors (Lipinski definition) is 2. The maximum absolute atomic E-state index is 10.1. The summed E-state index contributed by atoms with van der Waals surface area (Å²) in [5.41, 5.74) is 2.19. The lowest BCUT2D eigenvalue weighted by Gasteiger charge is -2.13. The number of nitrogens with one attached hydrogen (secondary N) is 1. The van der Waals surface area contributed by atoms with Gasteiger partial charge in [0.15, 0.2) is 0 Å². The summed E-state index contributed by atoms with van der Waals surface area (Å²) in [5.74, 6) is 0.960. The van der Waals surface area contributed by atoms with Gasteiger partial charge in [-0.1, -0.05) is 24.3 Å². The van der Waals surface area contributed by atoms with Gasteiger partial charge in [-0.15, -0.1) is 11.3 Å². The summed E-state index contributed by atoms with van der Waals surface area (Å²) < 4.78 is 2.13. The molecule has 5 heteroatoms. The number of aryl methyl sites for hydroxylation is 1. The molecular formula is C17H19N3OS. The van der Waals surface area contributed by atoms with Crippen LogP contribution in [0, 0.1) is 6.92 Å². The number of aliphatic hydroxyl groups excluding tert-OH is 1. The van der Waals surface area contributed by atoms with Crippen LogP contribution in [-0.4, -0.2) is 21.2 Å². The van der Waals surface area contributed by atoms with Gasteiger partial charge in [0.25, 0.3) is 0 Å². The highest BCUT2D eigenvalue weighted by Crippen LogP contribution is 2.18. The zero-order valence-corrected chi connectivity index (χ0v) is 13.3. The van der Waals surface area contributed by atoms with Gasteiger partial charge in [0.05, 0.1) is 11.9 Å². The summed E-state index contributed by atoms with van der Waals surface area (Å²) in [6.07, 6.45) is 1.42. The summed E-state index contributed by atoms with van der Waals surface area (Å²) in [5, 5.41) is 15.4. The third-order valence-corrected chi connectivity index (χ3v) is 4.51. The quantitative estimate of drug-likeness (QED) is 0.735. The predicted molar refractivity (Wildman–Crippen MR) is 89.3 cm³/mol. The summed E-state index contributed by atoms with van der Waals surface area (Å²) in [7, 11) is 0. The molecule has 0 aliphatic rings. The van der Waals surface area contributed by atoms with E-state index in [0.717, 1.165) is 22.1 Å². The molecule has 0 bridgehead atoms. The molecule has 0 radical (unpaired) electrons. The van der Waals surface area contributed by atoms with E-state index in [9.17, 15) is 5.11 Å². The van der Waals surface area contributed by atoms with Crippen LogP contribution in [0.4, 0.5) is 0 Å². The maximum Gasteiger partial charge on any atom is 0.110 e. The topological polar surface area (TPSA) is 50.1 Å². The lowest BCUT2D eigenvalue weighted by atomic mass is 10.3. The third kappa shape index (κ3) is 3.27. The van der Waals surface area contributed by atoms with Crippen LogP contribution in [0.2, 0.25) is 0 Å². The fourth-order valence-corrected chi connectivity index (χ4v) is 3.18. The largest absolute Gasteiger partial charge is 0.386 e. The van der Waals surface area contributed by atoms with Crippen LogP contribution < -0.4 is 5.32 Å². The average Bonchev–Trinajstić information content (AvgIpc) is 3.18. The molecule has 1 aromatic carbocycles. The van der Waals surface area contributed by atoms with Crippen molar-refractivity contribution >= 4 is 11.3 Å². The zero-order valence-electron chi connectivity index (χ0n) is 12.4. The standard InChI is InChI=1S/C17H19N3OS/c1-13-19-11-15(20(13)14-6-3-2-4-7-14)10-18-12-16(21)17-8-5-9-22-17/h2-9,11,16,18,21H,10,12H2,1H3/t16-/m0/s1. The van der Waals surface area contributed by atoms with Crippen LogP contribution in [0.1, 0.15) is 22.5 Å². The van der Waals surface area contributed by atoms with Crippen LogP contribution >= 0.6 is 11.3 Å². The molecule has 22 heavy (non-hydrogen) atoms. The van der Waals surface area contributed by atoms with Gasteiger partial charge in [-0.3, -0.25) is 4.57 Å². The molecule has 0 amide bonds. The molecular weight excluding hydrogens is 294 g/mol. The molecule has 0 spiro atoms. The minimum atomic E-state index is -0.464. The zero-order chi connectivity index (χ0) is 15.4. The number of aliphatic hydroxyl groups is 1. The van der Waals surface area contributed by atoms with Gasteiger partial charge in [-0.2, -0.15) is 0 Å². The molecule has 0 saturated carbocycles. The first-order valence-electron chi connectivity index (χ1n) is 7.26. The van der Waals surface area contributed by atoms with E-state index in [2.05, 4.69) is 27.0 Å². The Balaban J connectivity index is 1.66. The summed E-state index contributed by atoms with van der Waals surface area (Å²) in [6.45, 7) is 3.19. The first-order chi connectivity index (χ1) is 10.8. The second kappa shape index (κ2) is 6.87. The first kappa shape index (κ1) is 15.0. The van der Waals surface area contributed by atoms with Gasteiger partial charge >= 0.3 is 0 Å². The second-order valence-corrected chi connectivity index (χ2v) is 6.11. The highest BCUT2D eigenvalue weighted by Gasteiger charge is 2.11. The van der Waals surface area contributed by atoms with Crippen LogP contribution in [0.3, 0.4) is 0 Å². The van der Waals surface area contributed by atoms with Crippen LogP contribution in [-0.2, 0) is 6.54 Å². The van der Waals surface area contributed by atoms with Gasteiger partial charge < -0.3 is 10.4 Å². The van der Waals surface area contributed by atoms with Crippen LogP contribution in [0.5, 0.6) is 0 Å². The highest BCUT2D eigenvalue weighted by molar-refractivity contribution is 7.10. The Morgan fingerprint density at radius 1 is 1.23 bits per heavy atom. The molecule has 2 aromatic heterocycles. The fraction of sp³-hybridized carbons (Fsp3) is 0.235. The number of hydrogen-bond acceptors (Lipinski definition) is 4. The van der Waals surface area contributed by atoms with Gasteiger partial charge in [-0.25, -0.2) is 4.98 Å². The van der Waals surface area contributed by atoms with Crippen LogP contribution in [0.25, 0.3) is 5.69 Å². The van der Waals surface area contributed by atoms with Gasteiger partial charge in [0, 0.05) is 23.7 Å². The molecule has 0 saturated heterocycles. The normalized spacial score (nSPS) is 12.5. The maximum atomic E-state index is 10.1. The van der Waals surface area contributed by atoms with Crippen molar-refractivity contribution < 1.29 is 5.11 Å². The molecule has 3 aromatic rings. The van der Waals surface area contributed by atoms with Gasteiger partial charge in [0.2, 0.25) is 0 Å². The molecule has 2 N–H and O–H groups in total. The van der Waals surface area contributed by atoms with Crippen molar-refractivity contribution in [1.29, 1.82) is 0 Å². The monoisotopic (exact) mass is 313 g/mol. The van der Waals surface area contributed by atoms with Crippen molar-refractivity contribution in [2.24, 2.45) is 0 Å². The number of rotatable bonds is 6. The molecule has 0 unspecified atom stereocenters. The molecule has 0 aliphatic heterocycles. The van der Waals surface area contributed by atoms with E-state index < -0.39 is 6.10 Å². The van der Waals surface area contributed by atoms with E-state index in [1.165, 1.54) is 0 Å². The summed E-state index contributed by atoms with van der Waals surface area (Å²) in [4.78, 5) is 5.39. The summed E-state index contributed by atoms with van der Waals surface area (Å²) in [6, 6.07) is 14.1. The molecule has 0 aliphatic carbocycles. The number of thiophene rings is 1. The SMILES string of the molecule is Cc1ncc(CNC[C@H](O)c2cccs2)n1-c1ccccc1. The number of aromatic nitrogens is 2. The molecule has 114 valence electrons. The van der Waals surface area contributed by atoms with Crippen molar-refractivity contribution in [3.63, 3.8) is 0 Å². The number of para-hydroxylation sites is 1. The minimum absolute atomic E-state index is 0.464. The van der Waals surface area contributed by atoms with Gasteiger partial charge in [0.1, 0.15) is 11.9 Å². The number of nitrogens with zero attached hydrogens (tertiary/aromatic N) is 2. The van der Waals surface area contributed by atoms with E-state index in [1.54, 1.807) is 11.3 Å². The van der Waals surface area contributed by atoms with Crippen molar-refractivity contribution in [3.05, 3.63) is 70.4 Å². The van der Waals surface area contributed by atoms with Crippen LogP contribution in [0.15, 0.2) is 54.0 Å². The van der Waals surface area contributed by atoms with E-state index in [0.29, 0.717) is 13.1 Å². The predicted octanol–water partition coefficient (Wildman–Crippen LogP) is 3.07.